The van der Waals surface area contributed by atoms with Crippen LogP contribution >= 0.6 is 21.6 Å². The number of hydrogen-bond acceptors (Lipinski definition) is 9. The van der Waals surface area contributed by atoms with Gasteiger partial charge in [0.05, 0.1) is 36.9 Å². The van der Waals surface area contributed by atoms with E-state index in [-0.39, 0.29) is 42.3 Å². The van der Waals surface area contributed by atoms with Gasteiger partial charge in [-0.2, -0.15) is 0 Å². The second kappa shape index (κ2) is 21.7. The highest BCUT2D eigenvalue weighted by Crippen LogP contribution is 2.40. The van der Waals surface area contributed by atoms with Crippen molar-refractivity contribution in [2.24, 2.45) is 41.2 Å². The van der Waals surface area contributed by atoms with Crippen LogP contribution in [0.4, 0.5) is 0 Å². The van der Waals surface area contributed by atoms with Crippen molar-refractivity contribution in [3.8, 4) is 0 Å². The first-order valence-corrected chi connectivity index (χ1v) is 21.4. The molecule has 0 unspecified atom stereocenters. The van der Waals surface area contributed by atoms with E-state index in [2.05, 4.69) is 30.3 Å². The molecule has 0 bridgehead atoms. The second-order valence-electron chi connectivity index (χ2n) is 15.0. The number of carboxylic acid groups (broad SMARTS) is 1. The molecule has 2 aliphatic rings. The third kappa shape index (κ3) is 12.9. The number of rotatable bonds is 13. The maximum atomic E-state index is 12.7. The molecule has 10 heteroatoms. The summed E-state index contributed by atoms with van der Waals surface area (Å²) in [6, 6.07) is 16.5. The first kappa shape index (κ1) is 41.9. The molecule has 0 aromatic heterocycles. The van der Waals surface area contributed by atoms with Gasteiger partial charge in [0, 0.05) is 11.5 Å². The Morgan fingerprint density at radius 3 is 2.29 bits per heavy atom. The standard InChI is InChI=1S/C41H61NO7S2/c1-27(44)39(41(48)49)37-19-16-30-8-2-3-9-34(30)25-50-51-26-35(23-28-6-4-7-29(22-28)24-43)31(12-13-32(37)20-21-42)10-5-11-38(46)40(47)33-14-17-36(45)18-15-33/h2-9,11,22,27,31-33,35-40,43-47H,10,12-21,23-26,42H2,1H3,(H,48,49)/b11-5-/t27-,31+,32+,33?,35-,36?,37+,38-,39-,40+/m0/s1. The number of carboxylic acids is 1. The number of aliphatic carboxylic acids is 1. The normalized spacial score (nSPS) is 27.9. The van der Waals surface area contributed by atoms with E-state index in [1.807, 2.05) is 45.9 Å². The third-order valence-electron chi connectivity index (χ3n) is 11.4. The van der Waals surface area contributed by atoms with E-state index in [0.717, 1.165) is 48.3 Å². The molecular formula is C41H61NO7S2. The summed E-state index contributed by atoms with van der Waals surface area (Å²) in [5.74, 6) is -0.0295. The number of fused-ring (bicyclic) bond motifs is 1. The van der Waals surface area contributed by atoms with Crippen LogP contribution < -0.4 is 5.73 Å². The molecule has 0 radical (unpaired) electrons. The van der Waals surface area contributed by atoms with E-state index in [1.165, 1.54) is 11.1 Å². The zero-order valence-electron chi connectivity index (χ0n) is 30.1. The van der Waals surface area contributed by atoms with E-state index in [0.29, 0.717) is 51.5 Å². The van der Waals surface area contributed by atoms with Crippen LogP contribution in [0.15, 0.2) is 60.7 Å². The van der Waals surface area contributed by atoms with Gasteiger partial charge in [0.15, 0.2) is 0 Å². The Hall–Kier alpha value is -1.89. The van der Waals surface area contributed by atoms with Crippen LogP contribution in [-0.2, 0) is 30.0 Å². The SMILES string of the molecule is C[C@H](O)[C@H](C(=O)O)[C@@H]1CCc2ccccc2CSSC[C@H](Cc2cccc(CO)c2)[C@H](C/C=C\[C@H](O)[C@H](O)C2CCC(O)CC2)CC[C@@H]1CCN. The number of benzene rings is 2. The Labute approximate surface area is 312 Å². The molecule has 0 spiro atoms. The number of aliphatic hydroxyl groups excluding tert-OH is 5. The highest BCUT2D eigenvalue weighted by Gasteiger charge is 2.38. The van der Waals surface area contributed by atoms with Crippen molar-refractivity contribution >= 4 is 27.6 Å². The molecule has 8 nitrogen and oxygen atoms in total. The molecule has 1 heterocycles. The monoisotopic (exact) mass is 743 g/mol. The maximum absolute atomic E-state index is 12.7. The average molecular weight is 744 g/mol. The fourth-order valence-corrected chi connectivity index (χ4v) is 11.1. The van der Waals surface area contributed by atoms with Gasteiger partial charge in [-0.1, -0.05) is 82.3 Å². The fourth-order valence-electron chi connectivity index (χ4n) is 8.47. The van der Waals surface area contributed by atoms with Crippen LogP contribution in [0.1, 0.15) is 87.0 Å². The van der Waals surface area contributed by atoms with Gasteiger partial charge < -0.3 is 36.4 Å². The summed E-state index contributed by atoms with van der Waals surface area (Å²) < 4.78 is 0. The highest BCUT2D eigenvalue weighted by molar-refractivity contribution is 8.76. The highest BCUT2D eigenvalue weighted by atomic mass is 33.1. The van der Waals surface area contributed by atoms with Crippen molar-refractivity contribution in [1.29, 1.82) is 0 Å². The zero-order valence-corrected chi connectivity index (χ0v) is 31.8. The Bertz CT molecular complexity index is 1350. The molecule has 0 saturated heterocycles. The Kier molecular flexibility index (Phi) is 17.8. The van der Waals surface area contributed by atoms with Crippen molar-refractivity contribution in [3.63, 3.8) is 0 Å². The summed E-state index contributed by atoms with van der Waals surface area (Å²) in [7, 11) is 3.71. The lowest BCUT2D eigenvalue weighted by Gasteiger charge is -2.35. The summed E-state index contributed by atoms with van der Waals surface area (Å²) in [6.45, 7) is 2.00. The van der Waals surface area contributed by atoms with Crippen molar-refractivity contribution < 1.29 is 35.4 Å². The van der Waals surface area contributed by atoms with Gasteiger partial charge in [-0.3, -0.25) is 4.79 Å². The van der Waals surface area contributed by atoms with Crippen LogP contribution in [0, 0.1) is 35.5 Å². The molecule has 2 aromatic carbocycles. The number of aliphatic hydroxyl groups is 5. The van der Waals surface area contributed by atoms with Crippen molar-refractivity contribution in [3.05, 3.63) is 82.9 Å². The van der Waals surface area contributed by atoms with Gasteiger partial charge in [-0.15, -0.1) is 0 Å². The predicted octanol–water partition coefficient (Wildman–Crippen LogP) is 6.14. The Balaban J connectivity index is 1.66. The lowest BCUT2D eigenvalue weighted by atomic mass is 9.71. The van der Waals surface area contributed by atoms with Gasteiger partial charge in [0.25, 0.3) is 0 Å². The third-order valence-corrected chi connectivity index (χ3v) is 13.9. The summed E-state index contributed by atoms with van der Waals surface area (Å²) >= 11 is 0. The number of aryl methyl sites for hydroxylation is 1. The molecule has 1 fully saturated rings. The van der Waals surface area contributed by atoms with Crippen LogP contribution in [0.5, 0.6) is 0 Å². The van der Waals surface area contributed by atoms with Crippen molar-refractivity contribution in [1.82, 2.24) is 0 Å². The van der Waals surface area contributed by atoms with Crippen LogP contribution in [0.2, 0.25) is 0 Å². The summed E-state index contributed by atoms with van der Waals surface area (Å²) in [5.41, 5.74) is 10.7. The molecule has 4 rings (SSSR count). The van der Waals surface area contributed by atoms with Gasteiger partial charge in [0.2, 0.25) is 0 Å². The smallest absolute Gasteiger partial charge is 0.309 e. The van der Waals surface area contributed by atoms with Crippen molar-refractivity contribution in [2.75, 3.05) is 12.3 Å². The van der Waals surface area contributed by atoms with Crippen LogP contribution in [-0.4, -0.2) is 73.3 Å². The Morgan fingerprint density at radius 1 is 0.902 bits per heavy atom. The molecule has 1 aliphatic carbocycles. The molecule has 1 aliphatic heterocycles. The molecule has 1 saturated carbocycles. The molecule has 0 amide bonds. The number of nitrogens with two attached hydrogens (primary N) is 1. The summed E-state index contributed by atoms with van der Waals surface area (Å²) in [4.78, 5) is 12.7. The van der Waals surface area contributed by atoms with Gasteiger partial charge in [-0.25, -0.2) is 0 Å². The minimum Gasteiger partial charge on any atom is -0.481 e. The van der Waals surface area contributed by atoms with Gasteiger partial charge in [0.1, 0.15) is 0 Å². The van der Waals surface area contributed by atoms with E-state index in [1.54, 1.807) is 13.0 Å². The minimum absolute atomic E-state index is 0.00161. The van der Waals surface area contributed by atoms with Crippen LogP contribution in [0.3, 0.4) is 0 Å². The first-order chi connectivity index (χ1) is 24.6. The number of carbonyl (C=O) groups is 1. The number of hydrogen-bond donors (Lipinski definition) is 7. The lowest BCUT2D eigenvalue weighted by molar-refractivity contribution is -0.149. The zero-order chi connectivity index (χ0) is 36.8. The molecule has 51 heavy (non-hydrogen) atoms. The molecule has 2 aromatic rings. The molecule has 284 valence electrons. The van der Waals surface area contributed by atoms with Gasteiger partial charge in [-0.05, 0) is 136 Å². The average Bonchev–Trinajstić information content (AvgIpc) is 3.12. The van der Waals surface area contributed by atoms with Crippen molar-refractivity contribution in [2.45, 2.75) is 114 Å². The topological polar surface area (TPSA) is 164 Å². The van der Waals surface area contributed by atoms with Crippen LogP contribution in [0.25, 0.3) is 0 Å². The lowest BCUT2D eigenvalue weighted by Crippen LogP contribution is -2.38. The molecule has 8 atom stereocenters. The minimum atomic E-state index is -1.00. The van der Waals surface area contributed by atoms with Gasteiger partial charge >= 0.3 is 5.97 Å². The molecule has 8 N–H and O–H groups in total. The van der Waals surface area contributed by atoms with E-state index in [9.17, 15) is 35.4 Å². The quantitative estimate of drug-likeness (QED) is 0.0936. The Morgan fingerprint density at radius 2 is 1.61 bits per heavy atom. The maximum Gasteiger partial charge on any atom is 0.309 e. The summed E-state index contributed by atoms with van der Waals surface area (Å²) in [6.07, 6.45) is 8.33. The fraction of sp³-hybridized carbons (Fsp3) is 0.634. The number of allylic oxidation sites excluding steroid dienone is 1. The second-order valence-corrected chi connectivity index (χ2v) is 17.5. The largest absolute Gasteiger partial charge is 0.481 e. The first-order valence-electron chi connectivity index (χ1n) is 18.9. The predicted molar refractivity (Wildman–Crippen MR) is 208 cm³/mol. The summed E-state index contributed by atoms with van der Waals surface area (Å²) in [5, 5.41) is 62.9. The molecular weight excluding hydrogens is 683 g/mol. The van der Waals surface area contributed by atoms with E-state index >= 15 is 0 Å². The van der Waals surface area contributed by atoms with E-state index < -0.39 is 30.2 Å². The van der Waals surface area contributed by atoms with E-state index in [4.69, 9.17) is 5.73 Å².